The van der Waals surface area contributed by atoms with Crippen LogP contribution in [0.3, 0.4) is 0 Å². The number of para-hydroxylation sites is 2. The molecule has 0 atom stereocenters. The van der Waals surface area contributed by atoms with E-state index in [9.17, 15) is 0 Å². The third-order valence-electron chi connectivity index (χ3n) is 7.31. The van der Waals surface area contributed by atoms with E-state index < -0.39 is 0 Å². The topological polar surface area (TPSA) is 4.93 Å². The summed E-state index contributed by atoms with van der Waals surface area (Å²) in [5, 5.41) is 3.85. The smallest absolute Gasteiger partial charge is 0.0619 e. The van der Waals surface area contributed by atoms with Crippen LogP contribution in [0, 0.1) is 6.92 Å². The third-order valence-corrected chi connectivity index (χ3v) is 7.31. The minimum Gasteiger partial charge on any atom is -0.308 e. The Bertz CT molecular complexity index is 1820. The van der Waals surface area contributed by atoms with Gasteiger partial charge in [0.15, 0.2) is 0 Å². The van der Waals surface area contributed by atoms with Crippen molar-refractivity contribution in [3.63, 3.8) is 0 Å². The first-order valence-electron chi connectivity index (χ1n) is 12.5. The van der Waals surface area contributed by atoms with Crippen molar-refractivity contribution in [1.29, 1.82) is 0 Å². The van der Waals surface area contributed by atoms with Gasteiger partial charge in [0.25, 0.3) is 0 Å². The Labute approximate surface area is 211 Å². The molecular weight excluding hydrogens is 434 g/mol. The molecular formula is C35H25N. The van der Waals surface area contributed by atoms with Crippen LogP contribution in [0.4, 0.5) is 0 Å². The third kappa shape index (κ3) is 3.03. The maximum absolute atomic E-state index is 2.48. The van der Waals surface area contributed by atoms with Crippen molar-refractivity contribution in [2.45, 2.75) is 6.92 Å². The number of rotatable bonds is 3. The van der Waals surface area contributed by atoms with Gasteiger partial charge in [-0.1, -0.05) is 121 Å². The fraction of sp³-hybridized carbons (Fsp3) is 0.0286. The van der Waals surface area contributed by atoms with E-state index in [-0.39, 0.29) is 0 Å². The molecule has 0 bridgehead atoms. The number of hydrogen-bond acceptors (Lipinski definition) is 0. The molecule has 5 aromatic carbocycles. The Morgan fingerprint density at radius 1 is 0.417 bits per heavy atom. The molecule has 5 aromatic rings. The minimum absolute atomic E-state index is 1.21. The van der Waals surface area contributed by atoms with Crippen LogP contribution < -0.4 is 0 Å². The van der Waals surface area contributed by atoms with E-state index in [1.165, 1.54) is 66.4 Å². The van der Waals surface area contributed by atoms with E-state index in [1.807, 2.05) is 0 Å². The summed E-state index contributed by atoms with van der Waals surface area (Å²) in [4.78, 5) is 0. The van der Waals surface area contributed by atoms with Gasteiger partial charge >= 0.3 is 0 Å². The van der Waals surface area contributed by atoms with E-state index in [0.29, 0.717) is 0 Å². The summed E-state index contributed by atoms with van der Waals surface area (Å²) in [6, 6.07) is 48.2. The molecule has 0 radical (unpaired) electrons. The fourth-order valence-corrected chi connectivity index (χ4v) is 5.78. The SMILES string of the molecule is Cc1ccccc1-n1c(-c2ccccc2)c2c3ccccc3c(-c3ccccc3)c-2c2ccccc21. The van der Waals surface area contributed by atoms with Crippen molar-refractivity contribution in [2.24, 2.45) is 0 Å². The largest absolute Gasteiger partial charge is 0.308 e. The van der Waals surface area contributed by atoms with Crippen molar-refractivity contribution in [1.82, 2.24) is 4.57 Å². The van der Waals surface area contributed by atoms with Crippen molar-refractivity contribution in [3.05, 3.63) is 139 Å². The molecule has 0 aromatic heterocycles. The van der Waals surface area contributed by atoms with Crippen LogP contribution in [0.1, 0.15) is 5.56 Å². The lowest BCUT2D eigenvalue weighted by Crippen LogP contribution is -2.07. The molecule has 1 nitrogen and oxygen atoms in total. The average molecular weight is 460 g/mol. The highest BCUT2D eigenvalue weighted by molar-refractivity contribution is 6.24. The summed E-state index contributed by atoms with van der Waals surface area (Å²) in [5.41, 5.74) is 11.3. The molecule has 1 heterocycles. The molecule has 0 saturated carbocycles. The van der Waals surface area contributed by atoms with Gasteiger partial charge < -0.3 is 4.57 Å². The van der Waals surface area contributed by atoms with E-state index in [2.05, 4.69) is 145 Å². The van der Waals surface area contributed by atoms with Gasteiger partial charge in [0, 0.05) is 22.2 Å². The van der Waals surface area contributed by atoms with Gasteiger partial charge in [0.05, 0.1) is 11.2 Å². The zero-order valence-corrected chi connectivity index (χ0v) is 20.1. The summed E-state index contributed by atoms with van der Waals surface area (Å²) in [5.74, 6) is 0. The molecule has 0 fully saturated rings. The summed E-state index contributed by atoms with van der Waals surface area (Å²) in [6.07, 6.45) is 0. The minimum atomic E-state index is 1.21. The van der Waals surface area contributed by atoms with Crippen molar-refractivity contribution < 1.29 is 0 Å². The Morgan fingerprint density at radius 3 is 1.64 bits per heavy atom. The number of aromatic nitrogens is 1. The van der Waals surface area contributed by atoms with Crippen LogP contribution >= 0.6 is 0 Å². The second-order valence-corrected chi connectivity index (χ2v) is 9.39. The Balaban J connectivity index is 1.80. The molecule has 0 amide bonds. The zero-order valence-electron chi connectivity index (χ0n) is 20.1. The average Bonchev–Trinajstić information content (AvgIpc) is 3.29. The Hall–Kier alpha value is -4.62. The monoisotopic (exact) mass is 459 g/mol. The van der Waals surface area contributed by atoms with E-state index >= 15 is 0 Å². The maximum atomic E-state index is 2.48. The van der Waals surface area contributed by atoms with Gasteiger partial charge in [-0.15, -0.1) is 0 Å². The van der Waals surface area contributed by atoms with Crippen LogP contribution in [0.15, 0.2) is 133 Å². The van der Waals surface area contributed by atoms with Gasteiger partial charge in [0.1, 0.15) is 0 Å². The lowest BCUT2D eigenvalue weighted by atomic mass is 9.91. The number of pyridine rings is 1. The van der Waals surface area contributed by atoms with Crippen LogP contribution in [0.5, 0.6) is 0 Å². The van der Waals surface area contributed by atoms with E-state index in [4.69, 9.17) is 0 Å². The Kier molecular flexibility index (Phi) is 4.75. The Morgan fingerprint density at radius 2 is 0.944 bits per heavy atom. The maximum Gasteiger partial charge on any atom is 0.0619 e. The molecule has 1 heteroatoms. The van der Waals surface area contributed by atoms with Gasteiger partial charge in [-0.25, -0.2) is 0 Å². The predicted molar refractivity (Wildman–Crippen MR) is 153 cm³/mol. The highest BCUT2D eigenvalue weighted by Gasteiger charge is 2.28. The molecule has 1 aliphatic heterocycles. The fourth-order valence-electron chi connectivity index (χ4n) is 5.78. The van der Waals surface area contributed by atoms with Gasteiger partial charge in [0.2, 0.25) is 0 Å². The highest BCUT2D eigenvalue weighted by Crippen LogP contribution is 2.53. The summed E-state index contributed by atoms with van der Waals surface area (Å²) >= 11 is 0. The van der Waals surface area contributed by atoms with Crippen LogP contribution in [0.25, 0.3) is 60.9 Å². The number of hydrogen-bond donors (Lipinski definition) is 0. The van der Waals surface area contributed by atoms with Crippen LogP contribution in [-0.2, 0) is 0 Å². The molecule has 36 heavy (non-hydrogen) atoms. The number of nitrogens with zero attached hydrogens (tertiary/aromatic N) is 1. The number of benzene rings is 5. The molecule has 170 valence electrons. The molecule has 1 aliphatic carbocycles. The normalized spacial score (nSPS) is 11.5. The van der Waals surface area contributed by atoms with E-state index in [1.54, 1.807) is 0 Å². The summed E-state index contributed by atoms with van der Waals surface area (Å²) in [6.45, 7) is 2.20. The highest BCUT2D eigenvalue weighted by atomic mass is 15.0. The van der Waals surface area contributed by atoms with Gasteiger partial charge in [-0.3, -0.25) is 0 Å². The number of fused-ring (bicyclic) bond motifs is 5. The molecule has 2 aliphatic rings. The first kappa shape index (κ1) is 20.7. The molecule has 0 saturated heterocycles. The predicted octanol–water partition coefficient (Wildman–Crippen LogP) is 9.53. The second kappa shape index (κ2) is 8.25. The summed E-state index contributed by atoms with van der Waals surface area (Å²) in [7, 11) is 0. The second-order valence-electron chi connectivity index (χ2n) is 9.39. The lowest BCUT2D eigenvalue weighted by Gasteiger charge is -2.25. The van der Waals surface area contributed by atoms with Crippen molar-refractivity contribution >= 4 is 21.7 Å². The first-order chi connectivity index (χ1) is 17.8. The molecule has 7 rings (SSSR count). The standard InChI is InChI=1S/C35H25N/c1-24-14-8-12-22-30(24)36-31-23-13-11-21-29(31)33-32(25-15-4-2-5-16-25)27-19-9-10-20-28(27)34(33)35(36)26-17-6-3-7-18-26/h2-23H,1H3. The van der Waals surface area contributed by atoms with Crippen LogP contribution in [-0.4, -0.2) is 4.57 Å². The zero-order chi connectivity index (χ0) is 24.1. The van der Waals surface area contributed by atoms with E-state index in [0.717, 1.165) is 0 Å². The molecule has 0 unspecified atom stereocenters. The summed E-state index contributed by atoms with van der Waals surface area (Å²) < 4.78 is 2.48. The van der Waals surface area contributed by atoms with Crippen LogP contribution in [0.2, 0.25) is 0 Å². The van der Waals surface area contributed by atoms with Gasteiger partial charge in [-0.2, -0.15) is 0 Å². The molecule has 0 N–H and O–H groups in total. The lowest BCUT2D eigenvalue weighted by molar-refractivity contribution is 1.09. The molecule has 0 spiro atoms. The number of aryl methyl sites for hydroxylation is 1. The quantitative estimate of drug-likeness (QED) is 0.248. The first-order valence-corrected chi connectivity index (χ1v) is 12.5. The van der Waals surface area contributed by atoms with Gasteiger partial charge in [-0.05, 0) is 52.1 Å². The van der Waals surface area contributed by atoms with Crippen molar-refractivity contribution in [2.75, 3.05) is 0 Å². The van der Waals surface area contributed by atoms with Crippen molar-refractivity contribution in [3.8, 4) is 39.2 Å².